The molecule has 1 aromatic heterocycles. The van der Waals surface area contributed by atoms with Crippen molar-refractivity contribution < 1.29 is 9.90 Å². The molecule has 0 radical (unpaired) electrons. The van der Waals surface area contributed by atoms with E-state index < -0.39 is 12.0 Å². The predicted octanol–water partition coefficient (Wildman–Crippen LogP) is -0.770. The second-order valence-corrected chi connectivity index (χ2v) is 3.23. The lowest BCUT2D eigenvalue weighted by Gasteiger charge is -2.11. The van der Waals surface area contributed by atoms with E-state index in [9.17, 15) is 4.79 Å². The highest BCUT2D eigenvalue weighted by molar-refractivity contribution is 5.79. The van der Waals surface area contributed by atoms with Crippen LogP contribution in [0.25, 0.3) is 0 Å². The molecule has 0 aliphatic rings. The predicted molar refractivity (Wildman–Crippen MR) is 57.1 cm³/mol. The summed E-state index contributed by atoms with van der Waals surface area (Å²) >= 11 is 0. The van der Waals surface area contributed by atoms with Crippen molar-refractivity contribution in [3.05, 3.63) is 17.8 Å². The van der Waals surface area contributed by atoms with Gasteiger partial charge in [-0.1, -0.05) is 0 Å². The Morgan fingerprint density at radius 2 is 2.40 bits per heavy atom. The number of amides is 1. The second kappa shape index (κ2) is 4.61. The molecule has 0 aromatic carbocycles. The van der Waals surface area contributed by atoms with Crippen LogP contribution in [0.2, 0.25) is 0 Å². The van der Waals surface area contributed by atoms with Gasteiger partial charge in [0, 0.05) is 0 Å². The highest BCUT2D eigenvalue weighted by atomic mass is 16.3. The third-order valence-corrected chi connectivity index (χ3v) is 1.89. The summed E-state index contributed by atoms with van der Waals surface area (Å²) in [5.74, 6) is -0.194. The van der Waals surface area contributed by atoms with Gasteiger partial charge >= 0.3 is 0 Å². The average Bonchev–Trinajstić information content (AvgIpc) is 2.15. The van der Waals surface area contributed by atoms with Crippen LogP contribution in [0.15, 0.2) is 12.3 Å². The standard InChI is InChI=1S/C9H14N4O2/c1-5-2-6(10)3-12-9(5)13-4-7(14)8(11)15/h2-3,7,14H,4,10H2,1H3,(H2,11,15)(H,12,13). The molecule has 1 aromatic rings. The molecule has 0 aliphatic carbocycles. The summed E-state index contributed by atoms with van der Waals surface area (Å²) in [4.78, 5) is 14.6. The van der Waals surface area contributed by atoms with Gasteiger partial charge < -0.3 is 21.9 Å². The van der Waals surface area contributed by atoms with Crippen molar-refractivity contribution in [2.75, 3.05) is 17.6 Å². The fraction of sp³-hybridized carbons (Fsp3) is 0.333. The highest BCUT2D eigenvalue weighted by Gasteiger charge is 2.10. The molecule has 15 heavy (non-hydrogen) atoms. The summed E-state index contributed by atoms with van der Waals surface area (Å²) in [5, 5.41) is 11.9. The van der Waals surface area contributed by atoms with Crippen LogP contribution in [-0.4, -0.2) is 28.6 Å². The molecular weight excluding hydrogens is 196 g/mol. The lowest BCUT2D eigenvalue weighted by molar-refractivity contribution is -0.125. The molecule has 1 unspecified atom stereocenters. The Morgan fingerprint density at radius 3 is 2.93 bits per heavy atom. The Morgan fingerprint density at radius 1 is 1.73 bits per heavy atom. The zero-order valence-electron chi connectivity index (χ0n) is 8.40. The Balaban J connectivity index is 2.62. The van der Waals surface area contributed by atoms with Crippen LogP contribution in [-0.2, 0) is 4.79 Å². The summed E-state index contributed by atoms with van der Waals surface area (Å²) < 4.78 is 0. The first-order valence-electron chi connectivity index (χ1n) is 4.44. The number of aliphatic hydroxyl groups excluding tert-OH is 1. The summed E-state index contributed by atoms with van der Waals surface area (Å²) in [6.07, 6.45) is 0.273. The maximum atomic E-state index is 10.6. The molecule has 1 atom stereocenters. The third-order valence-electron chi connectivity index (χ3n) is 1.89. The van der Waals surface area contributed by atoms with Crippen molar-refractivity contribution in [2.24, 2.45) is 5.73 Å². The molecule has 0 aliphatic heterocycles. The molecule has 0 spiro atoms. The van der Waals surface area contributed by atoms with E-state index >= 15 is 0 Å². The smallest absolute Gasteiger partial charge is 0.248 e. The maximum absolute atomic E-state index is 10.6. The monoisotopic (exact) mass is 210 g/mol. The van der Waals surface area contributed by atoms with E-state index in [1.165, 1.54) is 6.20 Å². The molecule has 0 bridgehead atoms. The molecular formula is C9H14N4O2. The minimum atomic E-state index is -1.22. The summed E-state index contributed by atoms with van der Waals surface area (Å²) in [6, 6.07) is 1.74. The lowest BCUT2D eigenvalue weighted by Crippen LogP contribution is -2.34. The van der Waals surface area contributed by atoms with Crippen LogP contribution >= 0.6 is 0 Å². The number of nitrogens with one attached hydrogen (secondary N) is 1. The fourth-order valence-electron chi connectivity index (χ4n) is 1.08. The number of aliphatic hydroxyl groups is 1. The van der Waals surface area contributed by atoms with Crippen molar-refractivity contribution in [3.63, 3.8) is 0 Å². The van der Waals surface area contributed by atoms with Crippen LogP contribution in [0, 0.1) is 6.92 Å². The number of nitrogens with zero attached hydrogens (tertiary/aromatic N) is 1. The van der Waals surface area contributed by atoms with Gasteiger partial charge in [-0.15, -0.1) is 0 Å². The van der Waals surface area contributed by atoms with E-state index in [1.807, 2.05) is 6.92 Å². The Labute approximate surface area is 87.3 Å². The van der Waals surface area contributed by atoms with E-state index in [2.05, 4.69) is 10.3 Å². The number of carbonyl (C=O) groups is 1. The molecule has 6 heteroatoms. The Hall–Kier alpha value is -1.82. The van der Waals surface area contributed by atoms with Crippen molar-refractivity contribution >= 4 is 17.4 Å². The molecule has 1 heterocycles. The van der Waals surface area contributed by atoms with Gasteiger partial charge in [0.1, 0.15) is 11.9 Å². The largest absolute Gasteiger partial charge is 0.397 e. The first-order valence-corrected chi connectivity index (χ1v) is 4.44. The molecule has 6 N–H and O–H groups in total. The van der Waals surface area contributed by atoms with Crippen molar-refractivity contribution in [3.8, 4) is 0 Å². The minimum Gasteiger partial charge on any atom is -0.397 e. The van der Waals surface area contributed by atoms with Crippen LogP contribution < -0.4 is 16.8 Å². The Bertz CT molecular complexity index is 367. The van der Waals surface area contributed by atoms with Gasteiger partial charge in [-0.2, -0.15) is 0 Å². The van der Waals surface area contributed by atoms with Crippen molar-refractivity contribution in [1.29, 1.82) is 0 Å². The first-order chi connectivity index (χ1) is 7.00. The number of aryl methyl sites for hydroxylation is 1. The minimum absolute atomic E-state index is 0.0348. The average molecular weight is 210 g/mol. The number of rotatable bonds is 4. The van der Waals surface area contributed by atoms with Gasteiger partial charge in [0.05, 0.1) is 18.4 Å². The van der Waals surface area contributed by atoms with Crippen molar-refractivity contribution in [2.45, 2.75) is 13.0 Å². The first kappa shape index (κ1) is 11.3. The number of pyridine rings is 1. The summed E-state index contributed by atoms with van der Waals surface area (Å²) in [7, 11) is 0. The zero-order chi connectivity index (χ0) is 11.4. The number of aromatic nitrogens is 1. The van der Waals surface area contributed by atoms with Gasteiger partial charge in [-0.25, -0.2) is 4.98 Å². The van der Waals surface area contributed by atoms with Crippen molar-refractivity contribution in [1.82, 2.24) is 4.98 Å². The molecule has 6 nitrogen and oxygen atoms in total. The fourth-order valence-corrected chi connectivity index (χ4v) is 1.08. The molecule has 1 amide bonds. The normalized spacial score (nSPS) is 12.1. The van der Waals surface area contributed by atoms with E-state index in [0.717, 1.165) is 5.56 Å². The van der Waals surface area contributed by atoms with Crippen LogP contribution in [0.3, 0.4) is 0 Å². The quantitative estimate of drug-likeness (QED) is 0.521. The van der Waals surface area contributed by atoms with E-state index in [4.69, 9.17) is 16.6 Å². The number of primary amides is 1. The van der Waals surface area contributed by atoms with Gasteiger partial charge in [0.2, 0.25) is 5.91 Å². The number of nitrogens with two attached hydrogens (primary N) is 2. The topological polar surface area (TPSA) is 114 Å². The van der Waals surface area contributed by atoms with Gasteiger partial charge in [0.15, 0.2) is 0 Å². The van der Waals surface area contributed by atoms with Gasteiger partial charge in [0.25, 0.3) is 0 Å². The van der Waals surface area contributed by atoms with Crippen LogP contribution in [0.1, 0.15) is 5.56 Å². The zero-order valence-corrected chi connectivity index (χ0v) is 8.40. The number of nitrogen functional groups attached to an aromatic ring is 1. The second-order valence-electron chi connectivity index (χ2n) is 3.23. The molecule has 82 valence electrons. The third kappa shape index (κ3) is 3.10. The molecule has 0 saturated heterocycles. The maximum Gasteiger partial charge on any atom is 0.248 e. The Kier molecular flexibility index (Phi) is 3.46. The summed E-state index contributed by atoms with van der Waals surface area (Å²) in [5.41, 5.74) is 11.8. The number of hydrogen-bond donors (Lipinski definition) is 4. The van der Waals surface area contributed by atoms with Gasteiger partial charge in [-0.3, -0.25) is 4.79 Å². The highest BCUT2D eigenvalue weighted by Crippen LogP contribution is 2.13. The van der Waals surface area contributed by atoms with E-state index in [1.54, 1.807) is 6.07 Å². The van der Waals surface area contributed by atoms with E-state index in [-0.39, 0.29) is 6.54 Å². The number of anilines is 2. The van der Waals surface area contributed by atoms with Crippen LogP contribution in [0.4, 0.5) is 11.5 Å². The molecule has 0 saturated carbocycles. The van der Waals surface area contributed by atoms with Crippen LogP contribution in [0.5, 0.6) is 0 Å². The summed E-state index contributed by atoms with van der Waals surface area (Å²) in [6.45, 7) is 1.86. The number of hydrogen-bond acceptors (Lipinski definition) is 5. The van der Waals surface area contributed by atoms with Gasteiger partial charge in [-0.05, 0) is 18.6 Å². The molecule has 1 rings (SSSR count). The lowest BCUT2D eigenvalue weighted by atomic mass is 10.2. The SMILES string of the molecule is Cc1cc(N)cnc1NCC(O)C(N)=O. The molecule has 0 fully saturated rings. The van der Waals surface area contributed by atoms with E-state index in [0.29, 0.717) is 11.5 Å². The number of carbonyl (C=O) groups excluding carboxylic acids is 1.